The van der Waals surface area contributed by atoms with Crippen LogP contribution in [0.5, 0.6) is 5.75 Å². The molecule has 0 amide bonds. The van der Waals surface area contributed by atoms with E-state index in [0.717, 1.165) is 47.7 Å². The van der Waals surface area contributed by atoms with Crippen LogP contribution in [0, 0.1) is 6.92 Å². The number of ether oxygens (including phenoxy) is 1. The minimum absolute atomic E-state index is 0.239. The van der Waals surface area contributed by atoms with Crippen molar-refractivity contribution < 1.29 is 14.6 Å². The molecule has 1 aromatic rings. The lowest BCUT2D eigenvalue weighted by Crippen LogP contribution is -2.45. The van der Waals surface area contributed by atoms with Crippen LogP contribution in [0.3, 0.4) is 0 Å². The van der Waals surface area contributed by atoms with Gasteiger partial charge in [-0.1, -0.05) is 11.6 Å². The molecule has 4 nitrogen and oxygen atoms in total. The number of fused-ring (bicyclic) bond motifs is 1. The fraction of sp³-hybridized carbons (Fsp3) is 0.562. The summed E-state index contributed by atoms with van der Waals surface area (Å²) in [6.45, 7) is 5.17. The first-order valence-corrected chi connectivity index (χ1v) is 7.73. The number of rotatable bonds is 2. The number of hydrogen-bond donors (Lipinski definition) is 1. The van der Waals surface area contributed by atoms with E-state index < -0.39 is 12.0 Å². The Kier molecular flexibility index (Phi) is 3.62. The van der Waals surface area contributed by atoms with E-state index in [1.54, 1.807) is 6.92 Å². The van der Waals surface area contributed by atoms with Crippen molar-refractivity contribution in [3.8, 4) is 5.75 Å². The lowest BCUT2D eigenvalue weighted by atomic mass is 9.90. The molecule has 5 heteroatoms. The second kappa shape index (κ2) is 5.18. The summed E-state index contributed by atoms with van der Waals surface area (Å²) >= 11 is 6.17. The van der Waals surface area contributed by atoms with Crippen LogP contribution in [0.15, 0.2) is 12.1 Å². The zero-order valence-electron chi connectivity index (χ0n) is 12.4. The molecule has 0 aliphatic carbocycles. The van der Waals surface area contributed by atoms with Crippen LogP contribution in [0.25, 0.3) is 0 Å². The highest BCUT2D eigenvalue weighted by Gasteiger charge is 2.44. The van der Waals surface area contributed by atoms with Crippen molar-refractivity contribution in [1.29, 1.82) is 0 Å². The normalized spacial score (nSPS) is 26.4. The maximum atomic E-state index is 11.1. The first kappa shape index (κ1) is 14.7. The molecule has 0 aromatic heterocycles. The van der Waals surface area contributed by atoms with Gasteiger partial charge in [-0.05, 0) is 49.9 Å². The van der Waals surface area contributed by atoms with Gasteiger partial charge in [0.15, 0.2) is 0 Å². The number of nitrogens with zero attached hydrogens (tertiary/aromatic N) is 1. The lowest BCUT2D eigenvalue weighted by Gasteiger charge is -2.36. The smallest absolute Gasteiger partial charge is 0.320 e. The van der Waals surface area contributed by atoms with Crippen molar-refractivity contribution in [3.63, 3.8) is 0 Å². The van der Waals surface area contributed by atoms with Crippen molar-refractivity contribution >= 4 is 17.6 Å². The van der Waals surface area contributed by atoms with Gasteiger partial charge in [-0.2, -0.15) is 0 Å². The fourth-order valence-electron chi connectivity index (χ4n) is 3.28. The van der Waals surface area contributed by atoms with Crippen molar-refractivity contribution in [3.05, 3.63) is 28.3 Å². The summed E-state index contributed by atoms with van der Waals surface area (Å²) in [5, 5.41) is 9.94. The fourth-order valence-corrected chi connectivity index (χ4v) is 3.47. The van der Waals surface area contributed by atoms with Crippen LogP contribution in [0.2, 0.25) is 5.02 Å². The summed E-state index contributed by atoms with van der Waals surface area (Å²) in [4.78, 5) is 13.1. The molecule has 1 aromatic carbocycles. The second-order valence-corrected chi connectivity index (χ2v) is 6.64. The third kappa shape index (κ3) is 2.62. The van der Waals surface area contributed by atoms with Gasteiger partial charge in [-0.3, -0.25) is 9.69 Å². The molecule has 2 aliphatic heterocycles. The van der Waals surface area contributed by atoms with Crippen LogP contribution in [0.1, 0.15) is 30.9 Å². The van der Waals surface area contributed by atoms with Crippen LogP contribution in [0.4, 0.5) is 0 Å². The van der Waals surface area contributed by atoms with Crippen LogP contribution in [-0.2, 0) is 11.2 Å². The molecule has 0 bridgehead atoms. The molecule has 3 rings (SSSR count). The Morgan fingerprint density at radius 2 is 2.24 bits per heavy atom. The van der Waals surface area contributed by atoms with E-state index in [9.17, 15) is 4.79 Å². The Morgan fingerprint density at radius 1 is 1.48 bits per heavy atom. The van der Waals surface area contributed by atoms with Crippen LogP contribution < -0.4 is 4.74 Å². The van der Waals surface area contributed by atoms with Gasteiger partial charge >= 0.3 is 5.97 Å². The van der Waals surface area contributed by atoms with Gasteiger partial charge in [0.2, 0.25) is 0 Å². The SMILES string of the molecule is Cc1cc2c(cc1Cl)CCC1(CCN(C(C)C(=O)O)C1)O2. The van der Waals surface area contributed by atoms with Gasteiger partial charge in [-0.15, -0.1) is 0 Å². The number of hydrogen-bond acceptors (Lipinski definition) is 3. The summed E-state index contributed by atoms with van der Waals surface area (Å²) < 4.78 is 6.28. The molecule has 21 heavy (non-hydrogen) atoms. The van der Waals surface area contributed by atoms with E-state index in [1.807, 2.05) is 24.0 Å². The van der Waals surface area contributed by atoms with Crippen LogP contribution >= 0.6 is 11.6 Å². The minimum Gasteiger partial charge on any atom is -0.486 e. The van der Waals surface area contributed by atoms with Crippen molar-refractivity contribution in [2.75, 3.05) is 13.1 Å². The average Bonchev–Trinajstić information content (AvgIpc) is 2.83. The standard InChI is InChI=1S/C16H20ClNO3/c1-10-7-14-12(8-13(10)17)3-4-16(21-14)5-6-18(9-16)11(2)15(19)20/h7-8,11H,3-6,9H2,1-2H3,(H,19,20). The number of aryl methyl sites for hydroxylation is 2. The molecule has 2 heterocycles. The maximum Gasteiger partial charge on any atom is 0.320 e. The highest BCUT2D eigenvalue weighted by molar-refractivity contribution is 6.31. The molecule has 1 fully saturated rings. The monoisotopic (exact) mass is 309 g/mol. The molecule has 0 radical (unpaired) electrons. The molecule has 1 saturated heterocycles. The van der Waals surface area contributed by atoms with Gasteiger partial charge < -0.3 is 9.84 Å². The number of carbonyl (C=O) groups is 1. The van der Waals surface area contributed by atoms with Crippen molar-refractivity contribution in [2.45, 2.75) is 44.8 Å². The van der Waals surface area contributed by atoms with E-state index in [0.29, 0.717) is 6.54 Å². The highest BCUT2D eigenvalue weighted by Crippen LogP contribution is 2.40. The predicted molar refractivity (Wildman–Crippen MR) is 81.2 cm³/mol. The Morgan fingerprint density at radius 3 is 2.95 bits per heavy atom. The number of benzene rings is 1. The van der Waals surface area contributed by atoms with Crippen LogP contribution in [-0.4, -0.2) is 40.7 Å². The molecule has 2 unspecified atom stereocenters. The first-order valence-electron chi connectivity index (χ1n) is 7.35. The lowest BCUT2D eigenvalue weighted by molar-refractivity contribution is -0.142. The molecule has 114 valence electrons. The minimum atomic E-state index is -0.772. The highest BCUT2D eigenvalue weighted by atomic mass is 35.5. The molecule has 0 saturated carbocycles. The van der Waals surface area contributed by atoms with E-state index >= 15 is 0 Å². The molecule has 2 atom stereocenters. The second-order valence-electron chi connectivity index (χ2n) is 6.23. The summed E-state index contributed by atoms with van der Waals surface area (Å²) in [6.07, 6.45) is 2.73. The molecule has 1 spiro atoms. The number of carboxylic acid groups (broad SMARTS) is 1. The number of carboxylic acids is 1. The summed E-state index contributed by atoms with van der Waals surface area (Å²) in [5.74, 6) is 0.138. The van der Waals surface area contributed by atoms with Crippen molar-refractivity contribution in [1.82, 2.24) is 4.90 Å². The van der Waals surface area contributed by atoms with Gasteiger partial charge in [-0.25, -0.2) is 0 Å². The van der Waals surface area contributed by atoms with Crippen molar-refractivity contribution in [2.24, 2.45) is 0 Å². The molecule has 1 N–H and O–H groups in total. The number of likely N-dealkylation sites (tertiary alicyclic amines) is 1. The summed E-state index contributed by atoms with van der Waals surface area (Å²) in [5.41, 5.74) is 1.93. The van der Waals surface area contributed by atoms with E-state index in [2.05, 4.69) is 0 Å². The predicted octanol–water partition coefficient (Wildman–Crippen LogP) is 2.89. The summed E-state index contributed by atoms with van der Waals surface area (Å²) in [6, 6.07) is 3.54. The Labute approximate surface area is 129 Å². The molecule has 2 aliphatic rings. The maximum absolute atomic E-state index is 11.1. The Bertz CT molecular complexity index is 589. The number of aliphatic carboxylic acids is 1. The Hall–Kier alpha value is -1.26. The zero-order valence-corrected chi connectivity index (χ0v) is 13.1. The van der Waals surface area contributed by atoms with E-state index in [-0.39, 0.29) is 5.60 Å². The largest absolute Gasteiger partial charge is 0.486 e. The average molecular weight is 310 g/mol. The quantitative estimate of drug-likeness (QED) is 0.912. The van der Waals surface area contributed by atoms with E-state index in [4.69, 9.17) is 21.4 Å². The first-order chi connectivity index (χ1) is 9.90. The van der Waals surface area contributed by atoms with Gasteiger partial charge in [0.1, 0.15) is 17.4 Å². The Balaban J connectivity index is 1.80. The van der Waals surface area contributed by atoms with E-state index in [1.165, 1.54) is 0 Å². The third-order valence-corrected chi connectivity index (χ3v) is 5.18. The molecular formula is C16H20ClNO3. The number of halogens is 1. The van der Waals surface area contributed by atoms with Gasteiger partial charge in [0.05, 0.1) is 0 Å². The summed E-state index contributed by atoms with van der Waals surface area (Å²) in [7, 11) is 0. The third-order valence-electron chi connectivity index (χ3n) is 4.77. The van der Waals surface area contributed by atoms with Gasteiger partial charge in [0, 0.05) is 24.5 Å². The zero-order chi connectivity index (χ0) is 15.2. The van der Waals surface area contributed by atoms with Gasteiger partial charge in [0.25, 0.3) is 0 Å². The molecular weight excluding hydrogens is 290 g/mol. The topological polar surface area (TPSA) is 49.8 Å².